The van der Waals surface area contributed by atoms with Gasteiger partial charge in [0, 0.05) is 15.7 Å². The van der Waals surface area contributed by atoms with Crippen molar-refractivity contribution >= 4 is 33.5 Å². The second-order valence-electron chi connectivity index (χ2n) is 3.84. The van der Waals surface area contributed by atoms with Crippen LogP contribution in [0.4, 0.5) is 5.69 Å². The van der Waals surface area contributed by atoms with Crippen molar-refractivity contribution in [2.24, 2.45) is 0 Å². The van der Waals surface area contributed by atoms with E-state index in [4.69, 9.17) is 5.73 Å². The molecule has 0 heterocycles. The van der Waals surface area contributed by atoms with Crippen molar-refractivity contribution < 1.29 is 4.79 Å². The van der Waals surface area contributed by atoms with Crippen molar-refractivity contribution in [3.8, 4) is 0 Å². The fourth-order valence-corrected chi connectivity index (χ4v) is 1.82. The number of ketones is 1. The second-order valence-corrected chi connectivity index (χ2v) is 4.75. The maximum absolute atomic E-state index is 11.9. The van der Waals surface area contributed by atoms with Gasteiger partial charge in [-0.1, -0.05) is 46.3 Å². The summed E-state index contributed by atoms with van der Waals surface area (Å²) in [4.78, 5) is 11.9. The lowest BCUT2D eigenvalue weighted by atomic mass is 10.1. The molecule has 90 valence electrons. The molecule has 2 N–H and O–H groups in total. The van der Waals surface area contributed by atoms with Crippen molar-refractivity contribution in [2.45, 2.75) is 0 Å². The standard InChI is InChI=1S/C15H12BrNO/c16-12-8-5-11(6-9-12)7-10-15(18)13-3-1-2-4-14(13)17/h1-10H,17H2/b10-7+. The van der Waals surface area contributed by atoms with Crippen LogP contribution in [0.25, 0.3) is 6.08 Å². The van der Waals surface area contributed by atoms with Crippen molar-refractivity contribution in [3.05, 3.63) is 70.2 Å². The third-order valence-electron chi connectivity index (χ3n) is 2.52. The summed E-state index contributed by atoms with van der Waals surface area (Å²) in [5, 5.41) is 0. The zero-order chi connectivity index (χ0) is 13.0. The SMILES string of the molecule is Nc1ccccc1C(=O)/C=C/c1ccc(Br)cc1. The van der Waals surface area contributed by atoms with Gasteiger partial charge in [0.05, 0.1) is 0 Å². The third kappa shape index (κ3) is 3.08. The Balaban J connectivity index is 2.17. The molecule has 0 radical (unpaired) electrons. The van der Waals surface area contributed by atoms with Gasteiger partial charge in [0.25, 0.3) is 0 Å². The monoisotopic (exact) mass is 301 g/mol. The van der Waals surface area contributed by atoms with Crippen molar-refractivity contribution in [2.75, 3.05) is 5.73 Å². The number of hydrogen-bond acceptors (Lipinski definition) is 2. The minimum absolute atomic E-state index is 0.0870. The Bertz CT molecular complexity index is 588. The van der Waals surface area contributed by atoms with Crippen LogP contribution in [0.2, 0.25) is 0 Å². The van der Waals surface area contributed by atoms with Crippen LogP contribution < -0.4 is 5.73 Å². The molecule has 3 heteroatoms. The molecule has 2 aromatic carbocycles. The molecule has 0 saturated carbocycles. The maximum Gasteiger partial charge on any atom is 0.187 e. The summed E-state index contributed by atoms with van der Waals surface area (Å²) < 4.78 is 1.01. The summed E-state index contributed by atoms with van der Waals surface area (Å²) in [5.41, 5.74) is 7.76. The summed E-state index contributed by atoms with van der Waals surface area (Å²) in [6.45, 7) is 0. The van der Waals surface area contributed by atoms with Crippen LogP contribution in [0.5, 0.6) is 0 Å². The number of nitrogens with two attached hydrogens (primary N) is 1. The van der Waals surface area contributed by atoms with E-state index in [1.165, 1.54) is 6.08 Å². The number of nitrogen functional groups attached to an aromatic ring is 1. The first-order valence-electron chi connectivity index (χ1n) is 5.49. The number of anilines is 1. The van der Waals surface area contributed by atoms with E-state index in [1.54, 1.807) is 24.3 Å². The first kappa shape index (κ1) is 12.6. The quantitative estimate of drug-likeness (QED) is 0.530. The molecule has 18 heavy (non-hydrogen) atoms. The predicted octanol–water partition coefficient (Wildman–Crippen LogP) is 3.93. The van der Waals surface area contributed by atoms with Crippen LogP contribution in [0.15, 0.2) is 59.1 Å². The van der Waals surface area contributed by atoms with Crippen LogP contribution in [-0.2, 0) is 0 Å². The maximum atomic E-state index is 11.9. The molecule has 0 aliphatic carbocycles. The van der Waals surface area contributed by atoms with Crippen LogP contribution in [0, 0.1) is 0 Å². The van der Waals surface area contributed by atoms with Gasteiger partial charge in [0.15, 0.2) is 5.78 Å². The van der Waals surface area contributed by atoms with Gasteiger partial charge in [-0.15, -0.1) is 0 Å². The zero-order valence-electron chi connectivity index (χ0n) is 9.64. The highest BCUT2D eigenvalue weighted by Crippen LogP contribution is 2.14. The lowest BCUT2D eigenvalue weighted by Gasteiger charge is -2.00. The molecule has 0 fully saturated rings. The number of carbonyl (C=O) groups excluding carboxylic acids is 1. The van der Waals surface area contributed by atoms with Crippen molar-refractivity contribution in [1.29, 1.82) is 0 Å². The van der Waals surface area contributed by atoms with Gasteiger partial charge < -0.3 is 5.73 Å². The largest absolute Gasteiger partial charge is 0.398 e. The molecule has 2 aromatic rings. The van der Waals surface area contributed by atoms with Crippen LogP contribution in [0.1, 0.15) is 15.9 Å². The smallest absolute Gasteiger partial charge is 0.187 e. The van der Waals surface area contributed by atoms with Gasteiger partial charge in [-0.25, -0.2) is 0 Å². The van der Waals surface area contributed by atoms with E-state index in [0.717, 1.165) is 10.0 Å². The molecule has 0 unspecified atom stereocenters. The van der Waals surface area contributed by atoms with E-state index in [-0.39, 0.29) is 5.78 Å². The second kappa shape index (κ2) is 5.65. The van der Waals surface area contributed by atoms with E-state index in [0.29, 0.717) is 11.3 Å². The number of allylic oxidation sites excluding steroid dienone is 1. The van der Waals surface area contributed by atoms with E-state index in [1.807, 2.05) is 30.3 Å². The van der Waals surface area contributed by atoms with Crippen molar-refractivity contribution in [1.82, 2.24) is 0 Å². The molecule has 0 aliphatic heterocycles. The molecule has 0 atom stereocenters. The molecule has 0 spiro atoms. The fourth-order valence-electron chi connectivity index (χ4n) is 1.56. The number of hydrogen-bond donors (Lipinski definition) is 1. The van der Waals surface area contributed by atoms with Gasteiger partial charge in [-0.2, -0.15) is 0 Å². The highest BCUT2D eigenvalue weighted by molar-refractivity contribution is 9.10. The predicted molar refractivity (Wildman–Crippen MR) is 78.4 cm³/mol. The summed E-state index contributed by atoms with van der Waals surface area (Å²) in [5.74, 6) is -0.0870. The van der Waals surface area contributed by atoms with Crippen molar-refractivity contribution in [3.63, 3.8) is 0 Å². The Hall–Kier alpha value is -1.87. The highest BCUT2D eigenvalue weighted by Gasteiger charge is 2.04. The Labute approximate surface area is 114 Å². The van der Waals surface area contributed by atoms with Crippen LogP contribution in [-0.4, -0.2) is 5.78 Å². The lowest BCUT2D eigenvalue weighted by molar-refractivity contribution is 0.104. The molecule has 0 saturated heterocycles. The van der Waals surface area contributed by atoms with E-state index >= 15 is 0 Å². The molecule has 0 aliphatic rings. The zero-order valence-corrected chi connectivity index (χ0v) is 11.2. The average molecular weight is 302 g/mol. The van der Waals surface area contributed by atoms with E-state index in [9.17, 15) is 4.79 Å². The highest BCUT2D eigenvalue weighted by atomic mass is 79.9. The normalized spacial score (nSPS) is 10.7. The third-order valence-corrected chi connectivity index (χ3v) is 3.05. The Morgan fingerprint density at radius 3 is 2.39 bits per heavy atom. The Morgan fingerprint density at radius 2 is 1.72 bits per heavy atom. The van der Waals surface area contributed by atoms with Crippen LogP contribution >= 0.6 is 15.9 Å². The number of benzene rings is 2. The minimum atomic E-state index is -0.0870. The fraction of sp³-hybridized carbons (Fsp3) is 0. The Morgan fingerprint density at radius 1 is 1.06 bits per heavy atom. The molecular formula is C15H12BrNO. The first-order chi connectivity index (χ1) is 8.66. The summed E-state index contributed by atoms with van der Waals surface area (Å²) in [6.07, 6.45) is 3.32. The summed E-state index contributed by atoms with van der Waals surface area (Å²) >= 11 is 3.36. The first-order valence-corrected chi connectivity index (χ1v) is 6.28. The van der Waals surface area contributed by atoms with Crippen LogP contribution in [0.3, 0.4) is 0 Å². The number of rotatable bonds is 3. The topological polar surface area (TPSA) is 43.1 Å². The number of halogens is 1. The van der Waals surface area contributed by atoms with E-state index in [2.05, 4.69) is 15.9 Å². The molecule has 2 rings (SSSR count). The number of para-hydroxylation sites is 1. The summed E-state index contributed by atoms with van der Waals surface area (Å²) in [7, 11) is 0. The lowest BCUT2D eigenvalue weighted by Crippen LogP contribution is -1.99. The summed E-state index contributed by atoms with van der Waals surface area (Å²) in [6, 6.07) is 14.8. The van der Waals surface area contributed by atoms with E-state index < -0.39 is 0 Å². The molecule has 0 bridgehead atoms. The van der Waals surface area contributed by atoms with Gasteiger partial charge >= 0.3 is 0 Å². The van der Waals surface area contributed by atoms with Gasteiger partial charge in [0.1, 0.15) is 0 Å². The number of carbonyl (C=O) groups is 1. The van der Waals surface area contributed by atoms with Gasteiger partial charge in [-0.3, -0.25) is 4.79 Å². The Kier molecular flexibility index (Phi) is 3.95. The molecule has 2 nitrogen and oxygen atoms in total. The average Bonchev–Trinajstić information content (AvgIpc) is 2.38. The molecular weight excluding hydrogens is 290 g/mol. The van der Waals surface area contributed by atoms with Gasteiger partial charge in [-0.05, 0) is 35.9 Å². The van der Waals surface area contributed by atoms with Gasteiger partial charge in [0.2, 0.25) is 0 Å². The molecule has 0 aromatic heterocycles. The minimum Gasteiger partial charge on any atom is -0.398 e. The molecule has 0 amide bonds.